The van der Waals surface area contributed by atoms with Crippen LogP contribution in [0.4, 0.5) is 0 Å². The van der Waals surface area contributed by atoms with Crippen molar-refractivity contribution in [1.29, 1.82) is 0 Å². The highest BCUT2D eigenvalue weighted by molar-refractivity contribution is 4.67. The van der Waals surface area contributed by atoms with Crippen LogP contribution in [-0.2, 0) is 4.74 Å². The molecule has 0 aliphatic heterocycles. The van der Waals surface area contributed by atoms with Crippen molar-refractivity contribution in [3.05, 3.63) is 12.3 Å². The lowest BCUT2D eigenvalue weighted by atomic mass is 10.4. The highest BCUT2D eigenvalue weighted by Crippen LogP contribution is 2.06. The zero-order valence-corrected chi connectivity index (χ0v) is 5.66. The van der Waals surface area contributed by atoms with Crippen molar-refractivity contribution in [3.63, 3.8) is 0 Å². The van der Waals surface area contributed by atoms with Gasteiger partial charge in [0.2, 0.25) is 0 Å². The third kappa shape index (κ3) is 4.00. The zero-order valence-electron chi connectivity index (χ0n) is 5.66. The molecule has 3 heteroatoms. The molecule has 0 amide bonds. The third-order valence-electron chi connectivity index (χ3n) is 0.853. The molecule has 0 saturated carbocycles. The van der Waals surface area contributed by atoms with Crippen molar-refractivity contribution in [2.45, 2.75) is 26.2 Å². The molecular weight excluding hydrogens is 120 g/mol. The fourth-order valence-electron chi connectivity index (χ4n) is 0.260. The average Bonchev–Trinajstić information content (AvgIpc) is 1.84. The van der Waals surface area contributed by atoms with Gasteiger partial charge in [0.25, 0.3) is 0 Å². The van der Waals surface area contributed by atoms with Crippen LogP contribution in [0.3, 0.4) is 0 Å². The number of rotatable bonds is 3. The topological polar surface area (TPSA) is 49.7 Å². The van der Waals surface area contributed by atoms with Crippen molar-refractivity contribution in [3.8, 4) is 0 Å². The summed E-state index contributed by atoms with van der Waals surface area (Å²) in [5.41, 5.74) is 0. The lowest BCUT2D eigenvalue weighted by molar-refractivity contribution is -0.314. The molecule has 0 rings (SSSR count). The highest BCUT2D eigenvalue weighted by Gasteiger charge is 2.19. The van der Waals surface area contributed by atoms with Crippen LogP contribution in [0.5, 0.6) is 0 Å². The first kappa shape index (κ1) is 8.46. The molecule has 2 N–H and O–H groups in total. The Morgan fingerprint density at radius 1 is 1.56 bits per heavy atom. The maximum atomic E-state index is 8.74. The lowest BCUT2D eigenvalue weighted by Gasteiger charge is -2.17. The summed E-state index contributed by atoms with van der Waals surface area (Å²) in [7, 11) is 0. The molecule has 3 nitrogen and oxygen atoms in total. The monoisotopic (exact) mass is 132 g/mol. The maximum absolute atomic E-state index is 8.74. The van der Waals surface area contributed by atoms with Gasteiger partial charge in [-0.1, -0.05) is 13.0 Å². The molecule has 0 aromatic carbocycles. The minimum Gasteiger partial charge on any atom is -0.448 e. The van der Waals surface area contributed by atoms with Crippen molar-refractivity contribution in [2.24, 2.45) is 0 Å². The van der Waals surface area contributed by atoms with Crippen molar-refractivity contribution < 1.29 is 14.9 Å². The van der Waals surface area contributed by atoms with Gasteiger partial charge >= 0.3 is 5.97 Å². The number of ether oxygens (including phenoxy) is 1. The molecule has 0 fully saturated rings. The quantitative estimate of drug-likeness (QED) is 0.436. The minimum atomic E-state index is -1.99. The summed E-state index contributed by atoms with van der Waals surface area (Å²) < 4.78 is 4.46. The smallest absolute Gasteiger partial charge is 0.320 e. The van der Waals surface area contributed by atoms with Gasteiger partial charge in [-0.05, 0) is 6.92 Å². The van der Waals surface area contributed by atoms with E-state index >= 15 is 0 Å². The van der Waals surface area contributed by atoms with Crippen LogP contribution in [0.25, 0.3) is 0 Å². The first-order valence-electron chi connectivity index (χ1n) is 2.86. The molecule has 0 saturated heterocycles. The maximum Gasteiger partial charge on any atom is 0.320 e. The van der Waals surface area contributed by atoms with E-state index in [0.29, 0.717) is 0 Å². The van der Waals surface area contributed by atoms with Gasteiger partial charge < -0.3 is 14.9 Å². The van der Waals surface area contributed by atoms with Gasteiger partial charge in [0, 0.05) is 6.42 Å². The van der Waals surface area contributed by atoms with Gasteiger partial charge in [-0.25, -0.2) is 0 Å². The van der Waals surface area contributed by atoms with E-state index in [1.165, 1.54) is 6.26 Å². The number of hydrogen-bond donors (Lipinski definition) is 2. The summed E-state index contributed by atoms with van der Waals surface area (Å²) in [6.45, 7) is 3.34. The van der Waals surface area contributed by atoms with E-state index in [0.717, 1.165) is 0 Å². The Morgan fingerprint density at radius 2 is 2.11 bits per heavy atom. The lowest BCUT2D eigenvalue weighted by Crippen LogP contribution is -2.28. The fourth-order valence-corrected chi connectivity index (χ4v) is 0.260. The van der Waals surface area contributed by atoms with Crippen molar-refractivity contribution in [2.75, 3.05) is 0 Å². The molecule has 0 aromatic heterocycles. The Bertz CT molecular complexity index is 96.5. The molecule has 54 valence electrons. The molecule has 0 radical (unpaired) electrons. The fraction of sp³-hybridized carbons (Fsp3) is 0.667. The summed E-state index contributed by atoms with van der Waals surface area (Å²) >= 11 is 0. The molecule has 0 bridgehead atoms. The van der Waals surface area contributed by atoms with E-state index in [1.807, 2.05) is 0 Å². The Labute approximate surface area is 54.6 Å². The molecule has 0 atom stereocenters. The van der Waals surface area contributed by atoms with Gasteiger partial charge in [0.15, 0.2) is 0 Å². The molecule has 0 aromatic rings. The average molecular weight is 132 g/mol. The Kier molecular flexibility index (Phi) is 3.27. The second kappa shape index (κ2) is 3.48. The second-order valence-corrected chi connectivity index (χ2v) is 1.68. The molecule has 0 heterocycles. The van der Waals surface area contributed by atoms with Gasteiger partial charge in [0.1, 0.15) is 0 Å². The van der Waals surface area contributed by atoms with Crippen LogP contribution in [0.15, 0.2) is 12.3 Å². The SMILES string of the molecule is CC=COC(O)(O)CC. The molecular formula is C6H12O3. The molecule has 9 heavy (non-hydrogen) atoms. The van der Waals surface area contributed by atoms with Crippen LogP contribution in [0.1, 0.15) is 20.3 Å². The van der Waals surface area contributed by atoms with Crippen LogP contribution < -0.4 is 0 Å². The standard InChI is InChI=1S/C6H12O3/c1-3-5-9-6(7,8)4-2/h3,5,7-8H,4H2,1-2H3. The van der Waals surface area contributed by atoms with Gasteiger partial charge in [-0.2, -0.15) is 0 Å². The van der Waals surface area contributed by atoms with E-state index < -0.39 is 5.97 Å². The van der Waals surface area contributed by atoms with Crippen molar-refractivity contribution in [1.82, 2.24) is 0 Å². The first-order chi connectivity index (χ1) is 4.12. The van der Waals surface area contributed by atoms with Crippen LogP contribution >= 0.6 is 0 Å². The van der Waals surface area contributed by atoms with Gasteiger partial charge in [-0.15, -0.1) is 0 Å². The van der Waals surface area contributed by atoms with Crippen LogP contribution in [-0.4, -0.2) is 16.2 Å². The van der Waals surface area contributed by atoms with Crippen molar-refractivity contribution >= 4 is 0 Å². The number of aliphatic hydroxyl groups is 2. The Balaban J connectivity index is 3.58. The third-order valence-corrected chi connectivity index (χ3v) is 0.853. The normalized spacial score (nSPS) is 12.4. The summed E-state index contributed by atoms with van der Waals surface area (Å²) in [5, 5.41) is 17.5. The van der Waals surface area contributed by atoms with E-state index in [4.69, 9.17) is 10.2 Å². The van der Waals surface area contributed by atoms with Crippen LogP contribution in [0.2, 0.25) is 0 Å². The summed E-state index contributed by atoms with van der Waals surface area (Å²) in [4.78, 5) is 0. The van der Waals surface area contributed by atoms with Crippen LogP contribution in [0, 0.1) is 0 Å². The molecule has 0 spiro atoms. The van der Waals surface area contributed by atoms with E-state index in [-0.39, 0.29) is 6.42 Å². The number of hydrogen-bond acceptors (Lipinski definition) is 3. The minimum absolute atomic E-state index is 0.150. The molecule has 0 aliphatic carbocycles. The zero-order chi connectivity index (χ0) is 7.33. The highest BCUT2D eigenvalue weighted by atomic mass is 16.8. The molecule has 0 unspecified atom stereocenters. The Morgan fingerprint density at radius 3 is 2.44 bits per heavy atom. The summed E-state index contributed by atoms with van der Waals surface area (Å²) in [5.74, 6) is -1.99. The van der Waals surface area contributed by atoms with E-state index in [1.54, 1.807) is 19.9 Å². The van der Waals surface area contributed by atoms with Gasteiger partial charge in [-0.3, -0.25) is 0 Å². The second-order valence-electron chi connectivity index (χ2n) is 1.68. The summed E-state index contributed by atoms with van der Waals surface area (Å²) in [6, 6.07) is 0. The first-order valence-corrected chi connectivity index (χ1v) is 2.86. The number of allylic oxidation sites excluding steroid dienone is 1. The predicted molar refractivity (Wildman–Crippen MR) is 33.4 cm³/mol. The van der Waals surface area contributed by atoms with Gasteiger partial charge in [0.05, 0.1) is 6.26 Å². The van der Waals surface area contributed by atoms with E-state index in [2.05, 4.69) is 4.74 Å². The summed E-state index contributed by atoms with van der Waals surface area (Å²) in [6.07, 6.45) is 2.97. The molecule has 0 aliphatic rings. The Hall–Kier alpha value is -0.540. The largest absolute Gasteiger partial charge is 0.448 e. The van der Waals surface area contributed by atoms with E-state index in [9.17, 15) is 0 Å². The predicted octanol–water partition coefficient (Wildman–Crippen LogP) is 0.585.